The lowest BCUT2D eigenvalue weighted by Gasteiger charge is -2.56. The highest BCUT2D eigenvalue weighted by Crippen LogP contribution is 2.62. The van der Waals surface area contributed by atoms with Crippen molar-refractivity contribution in [1.82, 2.24) is 0 Å². The van der Waals surface area contributed by atoms with E-state index < -0.39 is 17.5 Å². The van der Waals surface area contributed by atoms with Gasteiger partial charge in [-0.2, -0.15) is 0 Å². The first-order valence-corrected chi connectivity index (χ1v) is 7.51. The minimum Gasteiger partial charge on any atom is -0.481 e. The van der Waals surface area contributed by atoms with Gasteiger partial charge in [0.1, 0.15) is 0 Å². The summed E-state index contributed by atoms with van der Waals surface area (Å²) in [5.74, 6) is 2.54. The number of rotatable bonds is 3. The summed E-state index contributed by atoms with van der Waals surface area (Å²) in [6, 6.07) is 0. The molecule has 0 aromatic rings. The first kappa shape index (κ1) is 11.3. The average Bonchev–Trinajstić information content (AvgIpc) is 3.07. The summed E-state index contributed by atoms with van der Waals surface area (Å²) in [6.07, 6.45) is 7.22. The van der Waals surface area contributed by atoms with Crippen molar-refractivity contribution < 1.29 is 15.0 Å². The minimum atomic E-state index is -0.764. The van der Waals surface area contributed by atoms with E-state index in [2.05, 4.69) is 0 Å². The van der Waals surface area contributed by atoms with E-state index in [1.54, 1.807) is 0 Å². The summed E-state index contributed by atoms with van der Waals surface area (Å²) < 4.78 is 0. The predicted octanol–water partition coefficient (Wildman–Crippen LogP) is 2.28. The molecule has 1 unspecified atom stereocenters. The molecule has 3 nitrogen and oxygen atoms in total. The van der Waals surface area contributed by atoms with E-state index in [0.29, 0.717) is 24.7 Å². The number of hydrogen-bond acceptors (Lipinski definition) is 2. The van der Waals surface area contributed by atoms with Crippen LogP contribution >= 0.6 is 0 Å². The molecule has 5 fully saturated rings. The number of carbonyl (C=O) groups is 1. The third-order valence-electron chi connectivity index (χ3n) is 6.45. The lowest BCUT2D eigenvalue weighted by Crippen LogP contribution is -2.52. The molecule has 2 N–H and O–H groups in total. The first-order valence-electron chi connectivity index (χ1n) is 7.51. The number of aliphatic hydroxyl groups is 1. The van der Waals surface area contributed by atoms with Crippen LogP contribution in [0.5, 0.6) is 0 Å². The Labute approximate surface area is 108 Å². The van der Waals surface area contributed by atoms with E-state index in [-0.39, 0.29) is 5.92 Å². The first-order chi connectivity index (χ1) is 8.60. The van der Waals surface area contributed by atoms with E-state index in [0.717, 1.165) is 11.8 Å². The molecule has 18 heavy (non-hydrogen) atoms. The van der Waals surface area contributed by atoms with Gasteiger partial charge in [-0.15, -0.1) is 0 Å². The molecule has 0 radical (unpaired) electrons. The summed E-state index contributed by atoms with van der Waals surface area (Å²) in [5.41, 5.74) is -0.764. The molecule has 1 atom stereocenters. The molecule has 0 amide bonds. The summed E-state index contributed by atoms with van der Waals surface area (Å²) >= 11 is 0. The lowest BCUT2D eigenvalue weighted by molar-refractivity contribution is -0.158. The van der Waals surface area contributed by atoms with Crippen LogP contribution in [-0.4, -0.2) is 22.3 Å². The Balaban J connectivity index is 1.60. The topological polar surface area (TPSA) is 57.5 Å². The van der Waals surface area contributed by atoms with Crippen LogP contribution < -0.4 is 0 Å². The van der Waals surface area contributed by atoms with Crippen molar-refractivity contribution in [2.45, 2.75) is 51.0 Å². The number of aliphatic carboxylic acids is 1. The fourth-order valence-corrected chi connectivity index (χ4v) is 5.62. The van der Waals surface area contributed by atoms with Gasteiger partial charge in [0, 0.05) is 0 Å². The van der Waals surface area contributed by atoms with Crippen molar-refractivity contribution in [2.75, 3.05) is 0 Å². The third kappa shape index (κ3) is 1.37. The van der Waals surface area contributed by atoms with Gasteiger partial charge in [-0.25, -0.2) is 0 Å². The second kappa shape index (κ2) is 3.50. The summed E-state index contributed by atoms with van der Waals surface area (Å²) in [7, 11) is 0. The van der Waals surface area contributed by atoms with Crippen LogP contribution in [0, 0.1) is 35.0 Å². The summed E-state index contributed by atoms with van der Waals surface area (Å²) in [6.45, 7) is 0. The standard InChI is InChI=1S/C15H22O3/c16-13(15(1-2-15)14(17)18)12-10-4-8-3-9(6-10)7-11(12)5-8/h8-13,16H,1-7H2,(H,17,18). The highest BCUT2D eigenvalue weighted by Gasteiger charge is 2.62. The monoisotopic (exact) mass is 250 g/mol. The summed E-state index contributed by atoms with van der Waals surface area (Å²) in [5, 5.41) is 20.0. The maximum atomic E-state index is 11.4. The molecular formula is C15H22O3. The van der Waals surface area contributed by atoms with Crippen LogP contribution in [0.25, 0.3) is 0 Å². The Morgan fingerprint density at radius 1 is 1.00 bits per heavy atom. The van der Waals surface area contributed by atoms with Crippen LogP contribution in [0.1, 0.15) is 44.9 Å². The van der Waals surface area contributed by atoms with Crippen molar-refractivity contribution in [3.05, 3.63) is 0 Å². The predicted molar refractivity (Wildman–Crippen MR) is 65.8 cm³/mol. The van der Waals surface area contributed by atoms with Gasteiger partial charge in [-0.1, -0.05) is 0 Å². The van der Waals surface area contributed by atoms with Gasteiger partial charge in [0.25, 0.3) is 0 Å². The largest absolute Gasteiger partial charge is 0.481 e. The zero-order valence-corrected chi connectivity index (χ0v) is 10.7. The van der Waals surface area contributed by atoms with Gasteiger partial charge in [0.05, 0.1) is 11.5 Å². The van der Waals surface area contributed by atoms with Gasteiger partial charge in [-0.3, -0.25) is 4.79 Å². The van der Waals surface area contributed by atoms with Gasteiger partial charge in [-0.05, 0) is 74.5 Å². The Morgan fingerprint density at radius 2 is 1.50 bits per heavy atom. The molecule has 3 heteroatoms. The Hall–Kier alpha value is -0.570. The van der Waals surface area contributed by atoms with E-state index in [1.165, 1.54) is 32.1 Å². The molecule has 5 saturated carbocycles. The van der Waals surface area contributed by atoms with E-state index >= 15 is 0 Å². The zero-order chi connectivity index (χ0) is 12.5. The molecule has 0 spiro atoms. The molecule has 0 aromatic heterocycles. The fraction of sp³-hybridized carbons (Fsp3) is 0.933. The number of hydrogen-bond donors (Lipinski definition) is 2. The number of aliphatic hydroxyl groups excluding tert-OH is 1. The molecule has 0 aromatic carbocycles. The third-order valence-corrected chi connectivity index (χ3v) is 6.45. The van der Waals surface area contributed by atoms with Crippen molar-refractivity contribution in [3.8, 4) is 0 Å². The van der Waals surface area contributed by atoms with Gasteiger partial charge in [0.2, 0.25) is 0 Å². The van der Waals surface area contributed by atoms with E-state index in [1.807, 2.05) is 0 Å². The van der Waals surface area contributed by atoms with Crippen LogP contribution in [0.15, 0.2) is 0 Å². The lowest BCUT2D eigenvalue weighted by atomic mass is 9.50. The maximum Gasteiger partial charge on any atom is 0.312 e. The number of carboxylic acids is 1. The quantitative estimate of drug-likeness (QED) is 0.808. The SMILES string of the molecule is O=C(O)C1(C(O)C2C3CC4CC(C3)CC2C4)CC1. The van der Waals surface area contributed by atoms with Crippen molar-refractivity contribution in [2.24, 2.45) is 35.0 Å². The van der Waals surface area contributed by atoms with Crippen molar-refractivity contribution in [1.29, 1.82) is 0 Å². The maximum absolute atomic E-state index is 11.4. The highest BCUT2D eigenvalue weighted by atomic mass is 16.4. The molecule has 0 heterocycles. The van der Waals surface area contributed by atoms with E-state index in [9.17, 15) is 15.0 Å². The highest BCUT2D eigenvalue weighted by molar-refractivity contribution is 5.78. The second-order valence-electron chi connectivity index (χ2n) is 7.41. The molecule has 100 valence electrons. The van der Waals surface area contributed by atoms with Crippen LogP contribution in [0.4, 0.5) is 0 Å². The smallest absolute Gasteiger partial charge is 0.312 e. The van der Waals surface area contributed by atoms with Crippen LogP contribution in [0.2, 0.25) is 0 Å². The molecular weight excluding hydrogens is 228 g/mol. The molecule has 5 rings (SSSR count). The van der Waals surface area contributed by atoms with Crippen LogP contribution in [0.3, 0.4) is 0 Å². The van der Waals surface area contributed by atoms with E-state index in [4.69, 9.17) is 0 Å². The second-order valence-corrected chi connectivity index (χ2v) is 7.41. The summed E-state index contributed by atoms with van der Waals surface area (Å²) in [4.78, 5) is 11.4. The molecule has 5 aliphatic carbocycles. The van der Waals surface area contributed by atoms with Crippen molar-refractivity contribution in [3.63, 3.8) is 0 Å². The van der Waals surface area contributed by atoms with Gasteiger partial charge < -0.3 is 10.2 Å². The Kier molecular flexibility index (Phi) is 2.19. The molecule has 0 aliphatic heterocycles. The van der Waals surface area contributed by atoms with Gasteiger partial charge in [0.15, 0.2) is 0 Å². The normalized spacial score (nSPS) is 49.1. The van der Waals surface area contributed by atoms with Crippen molar-refractivity contribution >= 4 is 5.97 Å². The van der Waals surface area contributed by atoms with Gasteiger partial charge >= 0.3 is 5.97 Å². The molecule has 5 aliphatic rings. The minimum absolute atomic E-state index is 0.288. The fourth-order valence-electron chi connectivity index (χ4n) is 5.62. The van der Waals surface area contributed by atoms with Crippen LogP contribution in [-0.2, 0) is 4.79 Å². The number of carboxylic acid groups (broad SMARTS) is 1. The Bertz CT molecular complexity index is 357. The Morgan fingerprint density at radius 3 is 1.89 bits per heavy atom. The zero-order valence-electron chi connectivity index (χ0n) is 10.7. The molecule has 0 saturated heterocycles. The average molecular weight is 250 g/mol. The molecule has 4 bridgehead atoms.